The third kappa shape index (κ3) is 3.30. The summed E-state index contributed by atoms with van der Waals surface area (Å²) in [6.07, 6.45) is 2.51. The Morgan fingerprint density at radius 2 is 2.05 bits per heavy atom. The highest BCUT2D eigenvalue weighted by molar-refractivity contribution is 5.59. The van der Waals surface area contributed by atoms with Crippen LogP contribution in [0.25, 0.3) is 0 Å². The lowest BCUT2D eigenvalue weighted by Crippen LogP contribution is -2.22. The molecule has 2 N–H and O–H groups in total. The third-order valence-electron chi connectivity index (χ3n) is 3.16. The van der Waals surface area contributed by atoms with Gasteiger partial charge in [0.05, 0.1) is 17.6 Å². The van der Waals surface area contributed by atoms with E-state index >= 15 is 0 Å². The molecule has 0 amide bonds. The fourth-order valence-electron chi connectivity index (χ4n) is 1.93. The van der Waals surface area contributed by atoms with Gasteiger partial charge in [0.2, 0.25) is 0 Å². The minimum Gasteiger partial charge on any atom is -0.330 e. The van der Waals surface area contributed by atoms with Gasteiger partial charge in [0, 0.05) is 12.2 Å². The van der Waals surface area contributed by atoms with Crippen LogP contribution in [-0.4, -0.2) is 23.1 Å². The Balaban J connectivity index is 2.38. The molecule has 0 saturated carbocycles. The minimum atomic E-state index is -0.267. The van der Waals surface area contributed by atoms with E-state index in [9.17, 15) is 4.39 Å². The average Bonchev–Trinajstić information content (AvgIpc) is 2.43. The van der Waals surface area contributed by atoms with Crippen molar-refractivity contribution in [1.29, 1.82) is 0 Å². The number of benzene rings is 1. The molecule has 0 bridgehead atoms. The van der Waals surface area contributed by atoms with Gasteiger partial charge in [0.25, 0.3) is 0 Å². The molecule has 0 saturated heterocycles. The van der Waals surface area contributed by atoms with Gasteiger partial charge in [-0.25, -0.2) is 9.37 Å². The van der Waals surface area contributed by atoms with Gasteiger partial charge in [-0.15, -0.1) is 0 Å². The Morgan fingerprint density at radius 1 is 1.25 bits per heavy atom. The summed E-state index contributed by atoms with van der Waals surface area (Å²) in [4.78, 5) is 10.8. The molecule has 5 heteroatoms. The molecule has 1 aromatic heterocycles. The first-order chi connectivity index (χ1) is 9.61. The van der Waals surface area contributed by atoms with Gasteiger partial charge in [0.15, 0.2) is 5.82 Å². The van der Waals surface area contributed by atoms with E-state index < -0.39 is 0 Å². The maximum Gasteiger partial charge on any atom is 0.151 e. The summed E-state index contributed by atoms with van der Waals surface area (Å²) in [5.74, 6) is 0.448. The van der Waals surface area contributed by atoms with Gasteiger partial charge in [0.1, 0.15) is 5.82 Å². The third-order valence-corrected chi connectivity index (χ3v) is 3.16. The van der Waals surface area contributed by atoms with E-state index in [1.54, 1.807) is 12.3 Å². The molecule has 0 spiro atoms. The van der Waals surface area contributed by atoms with Crippen molar-refractivity contribution < 1.29 is 4.39 Å². The largest absolute Gasteiger partial charge is 0.330 e. The molecule has 0 aliphatic carbocycles. The molecule has 0 unspecified atom stereocenters. The molecular weight excluding hydrogens is 255 g/mol. The number of aromatic nitrogens is 2. The SMILES string of the molecule is Cc1ncc(N(CCCN)c2cccc(F)c2)nc1C. The lowest BCUT2D eigenvalue weighted by molar-refractivity contribution is 0.627. The van der Waals surface area contributed by atoms with Crippen molar-refractivity contribution in [2.75, 3.05) is 18.0 Å². The van der Waals surface area contributed by atoms with Gasteiger partial charge in [-0.1, -0.05) is 6.07 Å². The summed E-state index contributed by atoms with van der Waals surface area (Å²) < 4.78 is 13.4. The van der Waals surface area contributed by atoms with Crippen molar-refractivity contribution in [3.05, 3.63) is 47.7 Å². The smallest absolute Gasteiger partial charge is 0.151 e. The predicted octanol–water partition coefficient (Wildman–Crippen LogP) is 2.72. The second-order valence-corrected chi connectivity index (χ2v) is 4.67. The van der Waals surface area contributed by atoms with Gasteiger partial charge in [-0.3, -0.25) is 4.98 Å². The zero-order chi connectivity index (χ0) is 14.5. The van der Waals surface area contributed by atoms with E-state index in [-0.39, 0.29) is 5.82 Å². The maximum absolute atomic E-state index is 13.4. The number of hydrogen-bond donors (Lipinski definition) is 1. The molecule has 106 valence electrons. The van der Waals surface area contributed by atoms with E-state index in [1.807, 2.05) is 24.8 Å². The fraction of sp³-hybridized carbons (Fsp3) is 0.333. The second-order valence-electron chi connectivity index (χ2n) is 4.67. The molecule has 0 fully saturated rings. The van der Waals surface area contributed by atoms with Crippen LogP contribution in [0.4, 0.5) is 15.9 Å². The molecule has 2 rings (SSSR count). The molecular formula is C15H19FN4. The quantitative estimate of drug-likeness (QED) is 0.910. The molecule has 2 aromatic rings. The fourth-order valence-corrected chi connectivity index (χ4v) is 1.93. The molecule has 20 heavy (non-hydrogen) atoms. The normalized spacial score (nSPS) is 10.6. The van der Waals surface area contributed by atoms with Crippen LogP contribution in [0.3, 0.4) is 0 Å². The Bertz CT molecular complexity index is 586. The second kappa shape index (κ2) is 6.43. The zero-order valence-corrected chi connectivity index (χ0v) is 11.8. The van der Waals surface area contributed by atoms with Gasteiger partial charge in [-0.05, 0) is 45.0 Å². The number of rotatable bonds is 5. The number of halogens is 1. The number of anilines is 2. The highest BCUT2D eigenvalue weighted by atomic mass is 19.1. The molecule has 1 heterocycles. The first-order valence-electron chi connectivity index (χ1n) is 6.65. The van der Waals surface area contributed by atoms with Gasteiger partial charge in [-0.2, -0.15) is 0 Å². The summed E-state index contributed by atoms with van der Waals surface area (Å²) in [5.41, 5.74) is 8.11. The molecule has 0 aliphatic heterocycles. The van der Waals surface area contributed by atoms with Crippen LogP contribution in [0.5, 0.6) is 0 Å². The maximum atomic E-state index is 13.4. The summed E-state index contributed by atoms with van der Waals surface area (Å²) in [6.45, 7) is 5.08. The van der Waals surface area contributed by atoms with Crippen molar-refractivity contribution in [3.8, 4) is 0 Å². The highest BCUT2D eigenvalue weighted by Crippen LogP contribution is 2.24. The summed E-state index contributed by atoms with van der Waals surface area (Å²) in [7, 11) is 0. The summed E-state index contributed by atoms with van der Waals surface area (Å²) >= 11 is 0. The number of nitrogens with zero attached hydrogens (tertiary/aromatic N) is 3. The van der Waals surface area contributed by atoms with Crippen LogP contribution >= 0.6 is 0 Å². The van der Waals surface area contributed by atoms with E-state index in [0.29, 0.717) is 18.9 Å². The average molecular weight is 274 g/mol. The van der Waals surface area contributed by atoms with E-state index in [0.717, 1.165) is 23.5 Å². The van der Waals surface area contributed by atoms with Crippen molar-refractivity contribution >= 4 is 11.5 Å². The molecule has 0 atom stereocenters. The number of aryl methyl sites for hydroxylation is 2. The molecule has 4 nitrogen and oxygen atoms in total. The van der Waals surface area contributed by atoms with E-state index in [1.165, 1.54) is 12.1 Å². The monoisotopic (exact) mass is 274 g/mol. The Kier molecular flexibility index (Phi) is 4.63. The van der Waals surface area contributed by atoms with Crippen LogP contribution in [0.2, 0.25) is 0 Å². The van der Waals surface area contributed by atoms with Gasteiger partial charge >= 0.3 is 0 Å². The molecule has 1 aromatic carbocycles. The first kappa shape index (κ1) is 14.4. The minimum absolute atomic E-state index is 0.267. The highest BCUT2D eigenvalue weighted by Gasteiger charge is 2.12. The lowest BCUT2D eigenvalue weighted by atomic mass is 10.2. The number of hydrogen-bond acceptors (Lipinski definition) is 4. The van der Waals surface area contributed by atoms with E-state index in [2.05, 4.69) is 9.97 Å². The summed E-state index contributed by atoms with van der Waals surface area (Å²) in [5, 5.41) is 0. The zero-order valence-electron chi connectivity index (χ0n) is 11.8. The topological polar surface area (TPSA) is 55.0 Å². The van der Waals surface area contributed by atoms with Crippen LogP contribution in [-0.2, 0) is 0 Å². The van der Waals surface area contributed by atoms with Crippen LogP contribution in [0, 0.1) is 19.7 Å². The van der Waals surface area contributed by atoms with Crippen molar-refractivity contribution in [2.45, 2.75) is 20.3 Å². The standard InChI is InChI=1S/C15H19FN4/c1-11-12(2)19-15(10-18-11)20(8-4-7-17)14-6-3-5-13(16)9-14/h3,5-6,9-10H,4,7-8,17H2,1-2H3. The predicted molar refractivity (Wildman–Crippen MR) is 78.6 cm³/mol. The van der Waals surface area contributed by atoms with Gasteiger partial charge < -0.3 is 10.6 Å². The molecule has 0 radical (unpaired) electrons. The van der Waals surface area contributed by atoms with Crippen LogP contribution < -0.4 is 10.6 Å². The first-order valence-corrected chi connectivity index (χ1v) is 6.65. The Labute approximate surface area is 118 Å². The van der Waals surface area contributed by atoms with Crippen molar-refractivity contribution in [1.82, 2.24) is 9.97 Å². The van der Waals surface area contributed by atoms with Crippen LogP contribution in [0.1, 0.15) is 17.8 Å². The Hall–Kier alpha value is -2.01. The number of nitrogens with two attached hydrogens (primary N) is 1. The van der Waals surface area contributed by atoms with Crippen molar-refractivity contribution in [3.63, 3.8) is 0 Å². The van der Waals surface area contributed by atoms with E-state index in [4.69, 9.17) is 5.73 Å². The lowest BCUT2D eigenvalue weighted by Gasteiger charge is -2.24. The molecule has 0 aliphatic rings. The van der Waals surface area contributed by atoms with Crippen LogP contribution in [0.15, 0.2) is 30.5 Å². The summed E-state index contributed by atoms with van der Waals surface area (Å²) in [6, 6.07) is 6.47. The Morgan fingerprint density at radius 3 is 2.70 bits per heavy atom. The van der Waals surface area contributed by atoms with Crippen molar-refractivity contribution in [2.24, 2.45) is 5.73 Å².